The summed E-state index contributed by atoms with van der Waals surface area (Å²) in [6.07, 6.45) is 1.24. The minimum absolute atomic E-state index is 0.0667. The summed E-state index contributed by atoms with van der Waals surface area (Å²) in [5.41, 5.74) is 1.13. The largest absolute Gasteiger partial charge is 0.481 e. The SMILES string of the molecule is O=C(O)CCCNC(=O)NCCc1ccccc1Br. The molecule has 0 radical (unpaired) electrons. The predicted molar refractivity (Wildman–Crippen MR) is 76.1 cm³/mol. The van der Waals surface area contributed by atoms with Gasteiger partial charge in [0, 0.05) is 24.0 Å². The monoisotopic (exact) mass is 328 g/mol. The highest BCUT2D eigenvalue weighted by molar-refractivity contribution is 9.10. The van der Waals surface area contributed by atoms with E-state index in [4.69, 9.17) is 5.11 Å². The van der Waals surface area contributed by atoms with E-state index < -0.39 is 5.97 Å². The summed E-state index contributed by atoms with van der Waals surface area (Å²) in [5, 5.41) is 13.8. The number of amides is 2. The van der Waals surface area contributed by atoms with Crippen LogP contribution in [-0.4, -0.2) is 30.2 Å². The molecule has 1 aromatic carbocycles. The van der Waals surface area contributed by atoms with Crippen molar-refractivity contribution in [2.24, 2.45) is 0 Å². The molecule has 0 bridgehead atoms. The molecule has 0 saturated heterocycles. The maximum absolute atomic E-state index is 11.4. The number of rotatable bonds is 7. The smallest absolute Gasteiger partial charge is 0.314 e. The fourth-order valence-electron chi connectivity index (χ4n) is 1.52. The number of hydrogen-bond donors (Lipinski definition) is 3. The van der Waals surface area contributed by atoms with Gasteiger partial charge in [-0.3, -0.25) is 4.79 Å². The minimum atomic E-state index is -0.851. The fraction of sp³-hybridized carbons (Fsp3) is 0.385. The van der Waals surface area contributed by atoms with Crippen molar-refractivity contribution >= 4 is 27.9 Å². The Hall–Kier alpha value is -1.56. The maximum Gasteiger partial charge on any atom is 0.314 e. The van der Waals surface area contributed by atoms with Crippen molar-refractivity contribution in [3.8, 4) is 0 Å². The molecule has 3 N–H and O–H groups in total. The minimum Gasteiger partial charge on any atom is -0.481 e. The fourth-order valence-corrected chi connectivity index (χ4v) is 2.00. The summed E-state index contributed by atoms with van der Waals surface area (Å²) in [7, 11) is 0. The Bertz CT molecular complexity index is 438. The molecule has 0 aliphatic carbocycles. The number of carbonyl (C=O) groups is 2. The Kier molecular flexibility index (Phi) is 6.95. The lowest BCUT2D eigenvalue weighted by atomic mass is 10.1. The molecular formula is C13H17BrN2O3. The van der Waals surface area contributed by atoms with E-state index in [9.17, 15) is 9.59 Å². The summed E-state index contributed by atoms with van der Waals surface area (Å²) in [5.74, 6) is -0.851. The van der Waals surface area contributed by atoms with E-state index in [1.54, 1.807) is 0 Å². The molecule has 0 atom stereocenters. The lowest BCUT2D eigenvalue weighted by Gasteiger charge is -2.08. The maximum atomic E-state index is 11.4. The van der Waals surface area contributed by atoms with Crippen LogP contribution < -0.4 is 10.6 Å². The van der Waals surface area contributed by atoms with Gasteiger partial charge in [0.2, 0.25) is 0 Å². The third-order valence-corrected chi connectivity index (χ3v) is 3.26. The van der Waals surface area contributed by atoms with E-state index in [1.807, 2.05) is 24.3 Å². The average Bonchev–Trinajstić information content (AvgIpc) is 2.37. The highest BCUT2D eigenvalue weighted by Gasteiger charge is 2.02. The predicted octanol–water partition coefficient (Wildman–Crippen LogP) is 2.16. The van der Waals surface area contributed by atoms with Crippen LogP contribution in [0.1, 0.15) is 18.4 Å². The molecule has 19 heavy (non-hydrogen) atoms. The van der Waals surface area contributed by atoms with Crippen LogP contribution in [0.3, 0.4) is 0 Å². The molecule has 1 rings (SSSR count). The van der Waals surface area contributed by atoms with Crippen LogP contribution in [0.15, 0.2) is 28.7 Å². The van der Waals surface area contributed by atoms with Gasteiger partial charge >= 0.3 is 12.0 Å². The molecule has 104 valence electrons. The van der Waals surface area contributed by atoms with Gasteiger partial charge < -0.3 is 15.7 Å². The molecule has 0 fully saturated rings. The highest BCUT2D eigenvalue weighted by atomic mass is 79.9. The molecule has 0 saturated carbocycles. The second-order valence-corrected chi connectivity index (χ2v) is 4.88. The first-order valence-corrected chi connectivity index (χ1v) is 6.86. The van der Waals surface area contributed by atoms with Gasteiger partial charge in [-0.05, 0) is 24.5 Å². The number of carboxylic acids is 1. The molecule has 6 heteroatoms. The Morgan fingerprint density at radius 3 is 2.53 bits per heavy atom. The van der Waals surface area contributed by atoms with E-state index in [2.05, 4.69) is 26.6 Å². The molecular weight excluding hydrogens is 312 g/mol. The molecule has 0 aliphatic rings. The highest BCUT2D eigenvalue weighted by Crippen LogP contribution is 2.15. The van der Waals surface area contributed by atoms with E-state index >= 15 is 0 Å². The summed E-state index contributed by atoms with van der Waals surface area (Å²) >= 11 is 3.44. The van der Waals surface area contributed by atoms with E-state index in [0.717, 1.165) is 16.5 Å². The van der Waals surface area contributed by atoms with Crippen molar-refractivity contribution in [3.63, 3.8) is 0 Å². The lowest BCUT2D eigenvalue weighted by molar-refractivity contribution is -0.137. The quantitative estimate of drug-likeness (QED) is 0.671. The van der Waals surface area contributed by atoms with Crippen molar-refractivity contribution in [3.05, 3.63) is 34.3 Å². The van der Waals surface area contributed by atoms with Crippen molar-refractivity contribution in [1.29, 1.82) is 0 Å². The Morgan fingerprint density at radius 2 is 1.84 bits per heavy atom. The number of benzene rings is 1. The number of nitrogens with one attached hydrogen (secondary N) is 2. The molecule has 0 unspecified atom stereocenters. The van der Waals surface area contributed by atoms with Crippen molar-refractivity contribution < 1.29 is 14.7 Å². The zero-order valence-electron chi connectivity index (χ0n) is 10.5. The molecule has 0 heterocycles. The lowest BCUT2D eigenvalue weighted by Crippen LogP contribution is -2.37. The zero-order valence-corrected chi connectivity index (χ0v) is 12.1. The van der Waals surface area contributed by atoms with Gasteiger partial charge in [0.05, 0.1) is 0 Å². The van der Waals surface area contributed by atoms with Crippen LogP contribution in [0.5, 0.6) is 0 Å². The third-order valence-electron chi connectivity index (χ3n) is 2.49. The molecule has 0 spiro atoms. The first-order valence-electron chi connectivity index (χ1n) is 6.06. The van der Waals surface area contributed by atoms with Crippen molar-refractivity contribution in [1.82, 2.24) is 10.6 Å². The number of hydrogen-bond acceptors (Lipinski definition) is 2. The summed E-state index contributed by atoms with van der Waals surface area (Å²) in [4.78, 5) is 21.7. The number of carboxylic acid groups (broad SMARTS) is 1. The molecule has 0 aromatic heterocycles. The van der Waals surface area contributed by atoms with Crippen LogP contribution in [0.4, 0.5) is 4.79 Å². The molecule has 1 aromatic rings. The van der Waals surface area contributed by atoms with Crippen LogP contribution in [0, 0.1) is 0 Å². The van der Waals surface area contributed by atoms with Crippen LogP contribution in [-0.2, 0) is 11.2 Å². The van der Waals surface area contributed by atoms with Crippen LogP contribution >= 0.6 is 15.9 Å². The van der Waals surface area contributed by atoms with Crippen molar-refractivity contribution in [2.45, 2.75) is 19.3 Å². The summed E-state index contributed by atoms with van der Waals surface area (Å²) in [6, 6.07) is 7.58. The zero-order chi connectivity index (χ0) is 14.1. The third kappa shape index (κ3) is 6.81. The van der Waals surface area contributed by atoms with Gasteiger partial charge in [-0.1, -0.05) is 34.1 Å². The van der Waals surface area contributed by atoms with Gasteiger partial charge in [-0.25, -0.2) is 4.79 Å². The Labute approximate surface area is 120 Å². The number of urea groups is 1. The van der Waals surface area contributed by atoms with Crippen LogP contribution in [0.2, 0.25) is 0 Å². The number of halogens is 1. The molecule has 5 nitrogen and oxygen atoms in total. The number of carbonyl (C=O) groups excluding carboxylic acids is 1. The second kappa shape index (κ2) is 8.53. The van der Waals surface area contributed by atoms with Gasteiger partial charge in [0.25, 0.3) is 0 Å². The first kappa shape index (κ1) is 15.5. The standard InChI is InChI=1S/C13H17BrN2O3/c14-11-5-2-1-4-10(11)7-9-16-13(19)15-8-3-6-12(17)18/h1-2,4-5H,3,6-9H2,(H,17,18)(H2,15,16,19). The van der Waals surface area contributed by atoms with Gasteiger partial charge in [0.1, 0.15) is 0 Å². The number of aliphatic carboxylic acids is 1. The molecule has 0 aliphatic heterocycles. The van der Waals surface area contributed by atoms with Crippen molar-refractivity contribution in [2.75, 3.05) is 13.1 Å². The van der Waals surface area contributed by atoms with Crippen LogP contribution in [0.25, 0.3) is 0 Å². The van der Waals surface area contributed by atoms with Gasteiger partial charge in [-0.2, -0.15) is 0 Å². The Balaban J connectivity index is 2.14. The topological polar surface area (TPSA) is 78.4 Å². The molecule has 2 amide bonds. The van der Waals surface area contributed by atoms with Gasteiger partial charge in [0.15, 0.2) is 0 Å². The van der Waals surface area contributed by atoms with E-state index in [-0.39, 0.29) is 12.5 Å². The second-order valence-electron chi connectivity index (χ2n) is 4.02. The van der Waals surface area contributed by atoms with E-state index in [0.29, 0.717) is 19.5 Å². The Morgan fingerprint density at radius 1 is 1.16 bits per heavy atom. The first-order chi connectivity index (χ1) is 9.09. The summed E-state index contributed by atoms with van der Waals surface area (Å²) in [6.45, 7) is 0.903. The summed E-state index contributed by atoms with van der Waals surface area (Å²) < 4.78 is 1.03. The van der Waals surface area contributed by atoms with Gasteiger partial charge in [-0.15, -0.1) is 0 Å². The normalized spacial score (nSPS) is 9.95. The average molecular weight is 329 g/mol. The van der Waals surface area contributed by atoms with E-state index in [1.165, 1.54) is 0 Å².